The zero-order valence-electron chi connectivity index (χ0n) is 15.7. The number of terminal acetylenes is 1. The van der Waals surface area contributed by atoms with Gasteiger partial charge in [0.15, 0.2) is 0 Å². The molecule has 1 unspecified atom stereocenters. The standard InChI is InChI=1S/C22H20N6O/c1-2-17-10-12-25-22(26-17)27-20-4-3-13-28(20)21-18-7-5-15(6-8-19(23)29)14-16(18)9-11-24-21/h1,5-12,14,20H,3-4,13H2,(H2,23,29)(H,25,26,27). The second-order valence-corrected chi connectivity index (χ2v) is 6.76. The molecule has 1 aliphatic heterocycles. The van der Waals surface area contributed by atoms with E-state index >= 15 is 0 Å². The molecule has 7 nitrogen and oxygen atoms in total. The molecular weight excluding hydrogens is 364 g/mol. The van der Waals surface area contributed by atoms with E-state index < -0.39 is 5.91 Å². The summed E-state index contributed by atoms with van der Waals surface area (Å²) < 4.78 is 0. The molecule has 0 saturated carbocycles. The molecule has 144 valence electrons. The van der Waals surface area contributed by atoms with Crippen LogP contribution in [0.4, 0.5) is 11.8 Å². The Morgan fingerprint density at radius 1 is 1.28 bits per heavy atom. The zero-order valence-corrected chi connectivity index (χ0v) is 15.7. The van der Waals surface area contributed by atoms with Gasteiger partial charge in [-0.3, -0.25) is 4.79 Å². The first-order valence-electron chi connectivity index (χ1n) is 9.33. The molecule has 1 amide bonds. The third-order valence-electron chi connectivity index (χ3n) is 4.83. The molecule has 7 heteroatoms. The number of fused-ring (bicyclic) bond motifs is 1. The van der Waals surface area contributed by atoms with Crippen molar-refractivity contribution in [2.24, 2.45) is 5.73 Å². The van der Waals surface area contributed by atoms with Gasteiger partial charge in [-0.15, -0.1) is 6.42 Å². The van der Waals surface area contributed by atoms with Crippen LogP contribution < -0.4 is 16.0 Å². The number of aromatic nitrogens is 3. The summed E-state index contributed by atoms with van der Waals surface area (Å²) in [6.45, 7) is 0.877. The monoisotopic (exact) mass is 384 g/mol. The Labute approximate surface area is 168 Å². The molecule has 3 heterocycles. The summed E-state index contributed by atoms with van der Waals surface area (Å²) in [4.78, 5) is 26.5. The maximum Gasteiger partial charge on any atom is 0.241 e. The van der Waals surface area contributed by atoms with Gasteiger partial charge in [0.05, 0.1) is 0 Å². The SMILES string of the molecule is C#Cc1ccnc(NC2CCCN2c2nccc3cc(C=CC(N)=O)ccc23)n1. The van der Waals surface area contributed by atoms with E-state index in [1.807, 2.05) is 24.3 Å². The number of benzene rings is 1. The molecule has 1 atom stereocenters. The lowest BCUT2D eigenvalue weighted by Gasteiger charge is -2.27. The van der Waals surface area contributed by atoms with Crippen molar-refractivity contribution in [3.8, 4) is 12.3 Å². The molecule has 3 aromatic rings. The average molecular weight is 384 g/mol. The number of amides is 1. The predicted octanol–water partition coefficient (Wildman–Crippen LogP) is 2.54. The molecule has 4 rings (SSSR count). The van der Waals surface area contributed by atoms with Crippen LogP contribution in [0.3, 0.4) is 0 Å². The van der Waals surface area contributed by atoms with Gasteiger partial charge in [-0.25, -0.2) is 15.0 Å². The summed E-state index contributed by atoms with van der Waals surface area (Å²) in [7, 11) is 0. The van der Waals surface area contributed by atoms with Crippen LogP contribution in [0.2, 0.25) is 0 Å². The lowest BCUT2D eigenvalue weighted by molar-refractivity contribution is -0.113. The van der Waals surface area contributed by atoms with Crippen LogP contribution in [0, 0.1) is 12.3 Å². The van der Waals surface area contributed by atoms with Crippen LogP contribution in [0.25, 0.3) is 16.8 Å². The van der Waals surface area contributed by atoms with E-state index in [1.54, 1.807) is 24.5 Å². The number of hydrogen-bond acceptors (Lipinski definition) is 6. The summed E-state index contributed by atoms with van der Waals surface area (Å²) in [5, 5.41) is 5.46. The molecule has 1 fully saturated rings. The average Bonchev–Trinajstić information content (AvgIpc) is 3.19. The minimum atomic E-state index is -0.470. The Kier molecular flexibility index (Phi) is 5.08. The second kappa shape index (κ2) is 7.98. The fourth-order valence-corrected chi connectivity index (χ4v) is 3.52. The Bertz CT molecular complexity index is 1130. The Morgan fingerprint density at radius 2 is 2.14 bits per heavy atom. The van der Waals surface area contributed by atoms with Crippen molar-refractivity contribution in [1.29, 1.82) is 0 Å². The summed E-state index contributed by atoms with van der Waals surface area (Å²) >= 11 is 0. The number of carbonyl (C=O) groups is 1. The third kappa shape index (κ3) is 4.01. The maximum atomic E-state index is 11.0. The first-order chi connectivity index (χ1) is 14.1. The highest BCUT2D eigenvalue weighted by atomic mass is 16.1. The van der Waals surface area contributed by atoms with E-state index in [4.69, 9.17) is 12.2 Å². The lowest BCUT2D eigenvalue weighted by Crippen LogP contribution is -2.36. The zero-order chi connectivity index (χ0) is 20.2. The molecule has 0 spiro atoms. The quantitative estimate of drug-likeness (QED) is 0.518. The third-order valence-corrected chi connectivity index (χ3v) is 4.83. The highest BCUT2D eigenvalue weighted by molar-refractivity contribution is 5.95. The lowest BCUT2D eigenvalue weighted by atomic mass is 10.1. The molecule has 29 heavy (non-hydrogen) atoms. The minimum Gasteiger partial charge on any atom is -0.366 e. The number of primary amides is 1. The number of nitrogens with one attached hydrogen (secondary N) is 1. The number of rotatable bonds is 5. The van der Waals surface area contributed by atoms with Crippen molar-refractivity contribution < 1.29 is 4.79 Å². The number of anilines is 2. The van der Waals surface area contributed by atoms with Gasteiger partial charge in [0.2, 0.25) is 11.9 Å². The normalized spacial score (nSPS) is 16.2. The van der Waals surface area contributed by atoms with E-state index in [0.717, 1.165) is 41.5 Å². The minimum absolute atomic E-state index is 0.0237. The van der Waals surface area contributed by atoms with Gasteiger partial charge in [0.25, 0.3) is 0 Å². The van der Waals surface area contributed by atoms with Gasteiger partial charge in [0, 0.05) is 30.4 Å². The van der Waals surface area contributed by atoms with Crippen LogP contribution >= 0.6 is 0 Å². The van der Waals surface area contributed by atoms with Crippen molar-refractivity contribution in [2.45, 2.75) is 19.0 Å². The first-order valence-corrected chi connectivity index (χ1v) is 9.33. The van der Waals surface area contributed by atoms with Gasteiger partial charge in [-0.05, 0) is 48.1 Å². The smallest absolute Gasteiger partial charge is 0.241 e. The van der Waals surface area contributed by atoms with Crippen LogP contribution in [-0.4, -0.2) is 33.6 Å². The highest BCUT2D eigenvalue weighted by Crippen LogP contribution is 2.31. The molecule has 1 aliphatic rings. The van der Waals surface area contributed by atoms with Gasteiger partial charge in [-0.2, -0.15) is 0 Å². The summed E-state index contributed by atoms with van der Waals surface area (Å²) in [5.74, 6) is 3.47. The number of pyridine rings is 1. The van der Waals surface area contributed by atoms with Crippen molar-refractivity contribution in [3.05, 3.63) is 60.1 Å². The Balaban J connectivity index is 1.64. The van der Waals surface area contributed by atoms with Crippen molar-refractivity contribution in [3.63, 3.8) is 0 Å². The van der Waals surface area contributed by atoms with E-state index in [-0.39, 0.29) is 6.17 Å². The topological polar surface area (TPSA) is 97.0 Å². The molecule has 2 aromatic heterocycles. The molecule has 3 N–H and O–H groups in total. The summed E-state index contributed by atoms with van der Waals surface area (Å²) in [6.07, 6.45) is 14.0. The number of nitrogens with zero attached hydrogens (tertiary/aromatic N) is 4. The predicted molar refractivity (Wildman–Crippen MR) is 114 cm³/mol. The van der Waals surface area contributed by atoms with Gasteiger partial charge >= 0.3 is 0 Å². The molecule has 1 aromatic carbocycles. The summed E-state index contributed by atoms with van der Waals surface area (Å²) in [6, 6.07) is 9.64. The van der Waals surface area contributed by atoms with Gasteiger partial charge in [0.1, 0.15) is 17.7 Å². The van der Waals surface area contributed by atoms with Gasteiger partial charge in [-0.1, -0.05) is 18.1 Å². The van der Waals surface area contributed by atoms with Crippen LogP contribution in [0.15, 0.2) is 48.8 Å². The van der Waals surface area contributed by atoms with E-state index in [2.05, 4.69) is 31.1 Å². The number of hydrogen-bond donors (Lipinski definition) is 2. The largest absolute Gasteiger partial charge is 0.366 e. The van der Waals surface area contributed by atoms with Crippen LogP contribution in [-0.2, 0) is 4.79 Å². The van der Waals surface area contributed by atoms with Crippen molar-refractivity contribution >= 4 is 34.5 Å². The first kappa shape index (κ1) is 18.4. The molecular formula is C22H20N6O. The van der Waals surface area contributed by atoms with Crippen molar-refractivity contribution in [1.82, 2.24) is 15.0 Å². The molecule has 0 radical (unpaired) electrons. The number of carbonyl (C=O) groups excluding carboxylic acids is 1. The Morgan fingerprint density at radius 3 is 2.97 bits per heavy atom. The highest BCUT2D eigenvalue weighted by Gasteiger charge is 2.27. The molecule has 0 bridgehead atoms. The second-order valence-electron chi connectivity index (χ2n) is 6.76. The van der Waals surface area contributed by atoms with Crippen LogP contribution in [0.1, 0.15) is 24.1 Å². The fraction of sp³-hybridized carbons (Fsp3) is 0.182. The molecule has 0 aliphatic carbocycles. The van der Waals surface area contributed by atoms with E-state index in [0.29, 0.717) is 11.6 Å². The number of nitrogens with two attached hydrogens (primary N) is 1. The Hall–Kier alpha value is -3.92. The summed E-state index contributed by atoms with van der Waals surface area (Å²) in [5.41, 5.74) is 6.64. The van der Waals surface area contributed by atoms with E-state index in [9.17, 15) is 4.79 Å². The fourth-order valence-electron chi connectivity index (χ4n) is 3.52. The maximum absolute atomic E-state index is 11.0. The van der Waals surface area contributed by atoms with Gasteiger partial charge < -0.3 is 16.0 Å². The van der Waals surface area contributed by atoms with Crippen LogP contribution in [0.5, 0.6) is 0 Å². The van der Waals surface area contributed by atoms with Crippen molar-refractivity contribution in [2.75, 3.05) is 16.8 Å². The molecule has 1 saturated heterocycles. The van der Waals surface area contributed by atoms with E-state index in [1.165, 1.54) is 6.08 Å².